The number of halogens is 1. The summed E-state index contributed by atoms with van der Waals surface area (Å²) >= 11 is 0. The van der Waals surface area contributed by atoms with Crippen molar-refractivity contribution < 1.29 is 18.7 Å². The highest BCUT2D eigenvalue weighted by molar-refractivity contribution is 5.76. The van der Waals surface area contributed by atoms with E-state index in [0.717, 1.165) is 16.6 Å². The third-order valence-electron chi connectivity index (χ3n) is 5.21. The number of carbonyl (C=O) groups is 1. The first kappa shape index (κ1) is 21.2. The first-order valence-electron chi connectivity index (χ1n) is 10.6. The van der Waals surface area contributed by atoms with Gasteiger partial charge in [0.1, 0.15) is 17.5 Å². The molecular weight excluding hydrogens is 397 g/mol. The molecule has 164 valence electrons. The zero-order chi connectivity index (χ0) is 22.0. The van der Waals surface area contributed by atoms with E-state index in [-0.39, 0.29) is 18.0 Å². The topological polar surface area (TPSA) is 56.6 Å². The Labute approximate surface area is 181 Å². The molecule has 0 radical (unpaired) electrons. The van der Waals surface area contributed by atoms with E-state index in [2.05, 4.69) is 4.98 Å². The Morgan fingerprint density at radius 1 is 1.13 bits per heavy atom. The Hall–Kier alpha value is -3.09. The van der Waals surface area contributed by atoms with Gasteiger partial charge in [-0.1, -0.05) is 24.3 Å². The predicted octanol–water partition coefficient (Wildman–Crippen LogP) is 5.00. The van der Waals surface area contributed by atoms with Crippen LogP contribution >= 0.6 is 0 Å². The molecule has 1 aliphatic rings. The number of benzene rings is 2. The van der Waals surface area contributed by atoms with Gasteiger partial charge in [0.05, 0.1) is 17.6 Å². The van der Waals surface area contributed by atoms with Crippen LogP contribution in [0.1, 0.15) is 39.2 Å². The van der Waals surface area contributed by atoms with E-state index in [1.165, 1.54) is 12.1 Å². The van der Waals surface area contributed by atoms with E-state index in [1.54, 1.807) is 11.0 Å². The number of ether oxygens (including phenoxy) is 2. The minimum absolute atomic E-state index is 0.0539. The van der Waals surface area contributed by atoms with Gasteiger partial charge in [-0.15, -0.1) is 0 Å². The Kier molecular flexibility index (Phi) is 5.85. The molecule has 1 amide bonds. The average Bonchev–Trinajstić information content (AvgIpc) is 3.04. The van der Waals surface area contributed by atoms with E-state index >= 15 is 0 Å². The number of amides is 1. The number of nitrogens with zero attached hydrogens (tertiary/aromatic N) is 3. The summed E-state index contributed by atoms with van der Waals surface area (Å²) in [5.41, 5.74) is 2.10. The molecule has 4 rings (SSSR count). The van der Waals surface area contributed by atoms with Crippen LogP contribution in [-0.2, 0) is 11.3 Å². The second-order valence-electron chi connectivity index (χ2n) is 8.88. The van der Waals surface area contributed by atoms with Crippen LogP contribution in [0.2, 0.25) is 0 Å². The zero-order valence-electron chi connectivity index (χ0n) is 18.2. The Bertz CT molecular complexity index is 1070. The number of piperidine rings is 1. The van der Waals surface area contributed by atoms with Crippen molar-refractivity contribution in [3.8, 4) is 6.01 Å². The van der Waals surface area contributed by atoms with E-state index < -0.39 is 5.60 Å². The summed E-state index contributed by atoms with van der Waals surface area (Å²) in [6.07, 6.45) is 1.05. The molecule has 0 saturated carbocycles. The predicted molar refractivity (Wildman–Crippen MR) is 117 cm³/mol. The number of hydrogen-bond donors (Lipinski definition) is 0. The van der Waals surface area contributed by atoms with Crippen LogP contribution in [0.3, 0.4) is 0 Å². The second kappa shape index (κ2) is 8.57. The van der Waals surface area contributed by atoms with Crippen LogP contribution in [0.25, 0.3) is 11.0 Å². The lowest BCUT2D eigenvalue weighted by Gasteiger charge is -2.33. The smallest absolute Gasteiger partial charge is 0.410 e. The molecule has 6 nitrogen and oxygen atoms in total. The minimum Gasteiger partial charge on any atom is -0.461 e. The molecule has 1 aromatic heterocycles. The highest BCUT2D eigenvalue weighted by atomic mass is 19.1. The maximum Gasteiger partial charge on any atom is 0.410 e. The number of fused-ring (bicyclic) bond motifs is 1. The van der Waals surface area contributed by atoms with Gasteiger partial charge in [-0.05, 0) is 50.6 Å². The van der Waals surface area contributed by atoms with Gasteiger partial charge in [0.2, 0.25) is 0 Å². The normalized spacial score (nSPS) is 15.3. The number of hydrogen-bond acceptors (Lipinski definition) is 4. The number of rotatable bonds is 4. The molecule has 0 bridgehead atoms. The zero-order valence-corrected chi connectivity index (χ0v) is 18.2. The van der Waals surface area contributed by atoms with Crippen molar-refractivity contribution in [1.29, 1.82) is 0 Å². The van der Waals surface area contributed by atoms with Gasteiger partial charge in [0.15, 0.2) is 0 Å². The van der Waals surface area contributed by atoms with Gasteiger partial charge in [-0.25, -0.2) is 9.18 Å². The van der Waals surface area contributed by atoms with Crippen molar-refractivity contribution >= 4 is 17.1 Å². The summed E-state index contributed by atoms with van der Waals surface area (Å²) in [5, 5.41) is 0. The SMILES string of the molecule is CC(C)(C)OC(=O)N1CCC(Oc2nc3ccccc3n2Cc2cccc(F)c2)CC1. The van der Waals surface area contributed by atoms with Gasteiger partial charge in [0.25, 0.3) is 6.01 Å². The molecule has 1 fully saturated rings. The summed E-state index contributed by atoms with van der Waals surface area (Å²) in [4.78, 5) is 18.7. The maximum atomic E-state index is 13.7. The number of likely N-dealkylation sites (tertiary alicyclic amines) is 1. The molecule has 0 atom stereocenters. The number of carbonyl (C=O) groups excluding carboxylic acids is 1. The highest BCUT2D eigenvalue weighted by Gasteiger charge is 2.28. The molecule has 2 heterocycles. The summed E-state index contributed by atoms with van der Waals surface area (Å²) in [6.45, 7) is 7.20. The average molecular weight is 426 g/mol. The van der Waals surface area contributed by atoms with Crippen LogP contribution in [0.4, 0.5) is 9.18 Å². The van der Waals surface area contributed by atoms with Crippen molar-refractivity contribution in [3.05, 3.63) is 59.9 Å². The molecule has 1 saturated heterocycles. The van der Waals surface area contributed by atoms with Crippen LogP contribution in [0, 0.1) is 5.82 Å². The molecule has 0 aliphatic carbocycles. The number of para-hydroxylation sites is 2. The Morgan fingerprint density at radius 3 is 2.58 bits per heavy atom. The molecule has 2 aromatic carbocycles. The van der Waals surface area contributed by atoms with Gasteiger partial charge in [0, 0.05) is 25.9 Å². The second-order valence-corrected chi connectivity index (χ2v) is 8.88. The van der Waals surface area contributed by atoms with E-state index in [9.17, 15) is 9.18 Å². The summed E-state index contributed by atoms with van der Waals surface area (Å²) in [6, 6.07) is 14.9. The molecule has 0 unspecified atom stereocenters. The summed E-state index contributed by atoms with van der Waals surface area (Å²) in [5.74, 6) is -0.265. The van der Waals surface area contributed by atoms with E-state index in [0.29, 0.717) is 38.5 Å². The number of aromatic nitrogens is 2. The molecular formula is C24H28FN3O3. The fourth-order valence-electron chi connectivity index (χ4n) is 3.75. The van der Waals surface area contributed by atoms with E-state index in [1.807, 2.05) is 55.7 Å². The lowest BCUT2D eigenvalue weighted by Crippen LogP contribution is -2.44. The Morgan fingerprint density at radius 2 is 1.87 bits per heavy atom. The highest BCUT2D eigenvalue weighted by Crippen LogP contribution is 2.26. The molecule has 0 N–H and O–H groups in total. The minimum atomic E-state index is -0.508. The molecule has 1 aliphatic heterocycles. The maximum absolute atomic E-state index is 13.7. The molecule has 3 aromatic rings. The van der Waals surface area contributed by atoms with Gasteiger partial charge in [-0.2, -0.15) is 4.98 Å². The van der Waals surface area contributed by atoms with Crippen molar-refractivity contribution in [2.45, 2.75) is 51.9 Å². The van der Waals surface area contributed by atoms with Crippen molar-refractivity contribution in [1.82, 2.24) is 14.5 Å². The fraction of sp³-hybridized carbons (Fsp3) is 0.417. The largest absolute Gasteiger partial charge is 0.461 e. The monoisotopic (exact) mass is 425 g/mol. The van der Waals surface area contributed by atoms with Crippen molar-refractivity contribution in [2.24, 2.45) is 0 Å². The first-order chi connectivity index (χ1) is 14.8. The van der Waals surface area contributed by atoms with Crippen LogP contribution in [-0.4, -0.2) is 45.3 Å². The molecule has 0 spiro atoms. The first-order valence-corrected chi connectivity index (χ1v) is 10.6. The lowest BCUT2D eigenvalue weighted by molar-refractivity contribution is 0.0116. The number of imidazole rings is 1. The van der Waals surface area contributed by atoms with Gasteiger partial charge < -0.3 is 14.4 Å². The Balaban J connectivity index is 1.48. The molecule has 31 heavy (non-hydrogen) atoms. The fourth-order valence-corrected chi connectivity index (χ4v) is 3.75. The lowest BCUT2D eigenvalue weighted by atomic mass is 10.1. The van der Waals surface area contributed by atoms with Crippen molar-refractivity contribution in [3.63, 3.8) is 0 Å². The van der Waals surface area contributed by atoms with Gasteiger partial charge >= 0.3 is 6.09 Å². The summed E-state index contributed by atoms with van der Waals surface area (Å²) < 4.78 is 27.4. The van der Waals surface area contributed by atoms with Crippen LogP contribution in [0.15, 0.2) is 48.5 Å². The quantitative estimate of drug-likeness (QED) is 0.590. The third-order valence-corrected chi connectivity index (χ3v) is 5.21. The summed E-state index contributed by atoms with van der Waals surface area (Å²) in [7, 11) is 0. The van der Waals surface area contributed by atoms with Crippen LogP contribution < -0.4 is 4.74 Å². The van der Waals surface area contributed by atoms with Crippen LogP contribution in [0.5, 0.6) is 6.01 Å². The van der Waals surface area contributed by atoms with E-state index in [4.69, 9.17) is 9.47 Å². The standard InChI is InChI=1S/C24H28FN3O3/c1-24(2,3)31-23(29)27-13-11-19(12-14-27)30-22-26-20-9-4-5-10-21(20)28(22)16-17-7-6-8-18(25)15-17/h4-10,15,19H,11-14,16H2,1-3H3. The molecule has 7 heteroatoms. The third kappa shape index (κ3) is 5.16. The van der Waals surface area contributed by atoms with Crippen molar-refractivity contribution in [2.75, 3.05) is 13.1 Å². The van der Waals surface area contributed by atoms with Gasteiger partial charge in [-0.3, -0.25) is 4.57 Å².